The highest BCUT2D eigenvalue weighted by atomic mass is 32.2. The molecule has 0 N–H and O–H groups in total. The average Bonchev–Trinajstić information content (AvgIpc) is 2.86. The Morgan fingerprint density at radius 1 is 1.39 bits per heavy atom. The molecule has 0 atom stereocenters. The summed E-state index contributed by atoms with van der Waals surface area (Å²) in [5, 5.41) is 8.00. The highest BCUT2D eigenvalue weighted by Gasteiger charge is 2.15. The number of Topliss-reactive ketones (excluding diaryl/α,β-unsaturated/α-hetero) is 1. The highest BCUT2D eigenvalue weighted by Crippen LogP contribution is 2.20. The summed E-state index contributed by atoms with van der Waals surface area (Å²) in [6, 6.07) is 1.91. The smallest absolute Gasteiger partial charge is 0.277 e. The summed E-state index contributed by atoms with van der Waals surface area (Å²) in [5.74, 6) is 0.903. The van der Waals surface area contributed by atoms with Gasteiger partial charge in [0.05, 0.1) is 5.75 Å². The summed E-state index contributed by atoms with van der Waals surface area (Å²) in [4.78, 5) is 12.1. The number of carbonyl (C=O) groups excluding carboxylic acids is 1. The Balaban J connectivity index is 2.06. The van der Waals surface area contributed by atoms with Gasteiger partial charge in [-0.2, -0.15) is 0 Å². The van der Waals surface area contributed by atoms with Crippen molar-refractivity contribution in [3.05, 3.63) is 28.9 Å². The number of ketones is 1. The summed E-state index contributed by atoms with van der Waals surface area (Å²) in [6.45, 7) is 5.66. The molecule has 0 bridgehead atoms. The van der Waals surface area contributed by atoms with E-state index in [1.165, 1.54) is 11.8 Å². The van der Waals surface area contributed by atoms with Crippen LogP contribution in [0.25, 0.3) is 0 Å². The zero-order valence-electron chi connectivity index (χ0n) is 10.9. The maximum atomic E-state index is 12.1. The first-order valence-corrected chi connectivity index (χ1v) is 6.56. The van der Waals surface area contributed by atoms with Crippen molar-refractivity contribution in [1.29, 1.82) is 0 Å². The lowest BCUT2D eigenvalue weighted by atomic mass is 10.2. The van der Waals surface area contributed by atoms with Gasteiger partial charge >= 0.3 is 0 Å². The number of hydrogen-bond acceptors (Lipinski definition) is 5. The Kier molecular flexibility index (Phi) is 3.56. The summed E-state index contributed by atoms with van der Waals surface area (Å²) in [7, 11) is 1.95. The van der Waals surface area contributed by atoms with Gasteiger partial charge in [-0.25, -0.2) is 0 Å². The topological polar surface area (TPSA) is 60.9 Å². The molecule has 96 valence electrons. The largest absolute Gasteiger partial charge is 0.416 e. The van der Waals surface area contributed by atoms with Crippen LogP contribution in [0.2, 0.25) is 0 Å². The third-order valence-corrected chi connectivity index (χ3v) is 3.73. The number of thioether (sulfide) groups is 1. The predicted molar refractivity (Wildman–Crippen MR) is 69.0 cm³/mol. The van der Waals surface area contributed by atoms with Crippen molar-refractivity contribution < 1.29 is 9.21 Å². The zero-order chi connectivity index (χ0) is 13.3. The lowest BCUT2D eigenvalue weighted by molar-refractivity contribution is 0.102. The predicted octanol–water partition coefficient (Wildman–Crippen LogP) is 2.31. The van der Waals surface area contributed by atoms with E-state index in [0.717, 1.165) is 17.0 Å². The first-order valence-electron chi connectivity index (χ1n) is 5.58. The van der Waals surface area contributed by atoms with Crippen LogP contribution in [0.15, 0.2) is 15.7 Å². The SMILES string of the molecule is Cc1nnc(SCC(=O)c2cc(C)n(C)c2C)o1. The second-order valence-corrected chi connectivity index (χ2v) is 5.07. The molecule has 0 amide bonds. The van der Waals surface area contributed by atoms with Crippen molar-refractivity contribution in [2.75, 3.05) is 5.75 Å². The molecule has 2 heterocycles. The monoisotopic (exact) mass is 265 g/mol. The minimum atomic E-state index is 0.0806. The minimum Gasteiger partial charge on any atom is -0.416 e. The van der Waals surface area contributed by atoms with Crippen LogP contribution in [0, 0.1) is 20.8 Å². The second-order valence-electron chi connectivity index (χ2n) is 4.14. The number of nitrogens with zero attached hydrogens (tertiary/aromatic N) is 3. The molecule has 0 aromatic carbocycles. The Morgan fingerprint density at radius 3 is 2.61 bits per heavy atom. The lowest BCUT2D eigenvalue weighted by Crippen LogP contribution is -2.04. The molecule has 0 aliphatic heterocycles. The summed E-state index contributed by atoms with van der Waals surface area (Å²) in [6.07, 6.45) is 0. The molecule has 2 aromatic rings. The number of carbonyl (C=O) groups is 1. The van der Waals surface area contributed by atoms with Gasteiger partial charge < -0.3 is 8.98 Å². The van der Waals surface area contributed by atoms with Crippen LogP contribution in [0.5, 0.6) is 0 Å². The van der Waals surface area contributed by atoms with E-state index in [2.05, 4.69) is 10.2 Å². The maximum absolute atomic E-state index is 12.1. The Labute approximate surface area is 110 Å². The molecule has 2 rings (SSSR count). The van der Waals surface area contributed by atoms with Crippen molar-refractivity contribution in [2.24, 2.45) is 7.05 Å². The van der Waals surface area contributed by atoms with Gasteiger partial charge in [-0.15, -0.1) is 10.2 Å². The standard InChI is InChI=1S/C12H15N3O2S/c1-7-5-10(8(2)15(7)4)11(16)6-18-12-14-13-9(3)17-12/h5H,6H2,1-4H3. The molecule has 0 saturated carbocycles. The van der Waals surface area contributed by atoms with Crippen LogP contribution in [-0.2, 0) is 7.05 Å². The van der Waals surface area contributed by atoms with E-state index in [-0.39, 0.29) is 5.78 Å². The van der Waals surface area contributed by atoms with E-state index in [0.29, 0.717) is 16.9 Å². The van der Waals surface area contributed by atoms with Crippen LogP contribution in [0.1, 0.15) is 27.6 Å². The van der Waals surface area contributed by atoms with E-state index in [1.54, 1.807) is 6.92 Å². The number of rotatable bonds is 4. The molecular weight excluding hydrogens is 250 g/mol. The third-order valence-electron chi connectivity index (χ3n) is 2.91. The highest BCUT2D eigenvalue weighted by molar-refractivity contribution is 7.99. The molecule has 0 aliphatic rings. The van der Waals surface area contributed by atoms with Gasteiger partial charge in [-0.1, -0.05) is 11.8 Å². The first kappa shape index (κ1) is 12.9. The molecular formula is C12H15N3O2S. The quantitative estimate of drug-likeness (QED) is 0.627. The Bertz CT molecular complexity index is 586. The molecule has 5 nitrogen and oxygen atoms in total. The molecule has 0 unspecified atom stereocenters. The summed E-state index contributed by atoms with van der Waals surface area (Å²) < 4.78 is 7.22. The van der Waals surface area contributed by atoms with Gasteiger partial charge in [-0.05, 0) is 19.9 Å². The Hall–Kier alpha value is -1.56. The van der Waals surface area contributed by atoms with E-state index < -0.39 is 0 Å². The molecule has 0 aliphatic carbocycles. The van der Waals surface area contributed by atoms with Crippen molar-refractivity contribution >= 4 is 17.5 Å². The molecule has 0 radical (unpaired) electrons. The van der Waals surface area contributed by atoms with Crippen molar-refractivity contribution in [1.82, 2.24) is 14.8 Å². The molecule has 0 spiro atoms. The molecule has 6 heteroatoms. The van der Waals surface area contributed by atoms with Gasteiger partial charge in [0.1, 0.15) is 0 Å². The van der Waals surface area contributed by atoms with Gasteiger partial charge in [0, 0.05) is 30.9 Å². The fourth-order valence-corrected chi connectivity index (χ4v) is 2.37. The third kappa shape index (κ3) is 2.48. The fourth-order valence-electron chi connectivity index (χ4n) is 1.68. The molecule has 2 aromatic heterocycles. The van der Waals surface area contributed by atoms with Crippen molar-refractivity contribution in [2.45, 2.75) is 26.0 Å². The van der Waals surface area contributed by atoms with E-state index >= 15 is 0 Å². The van der Waals surface area contributed by atoms with Crippen LogP contribution in [0.4, 0.5) is 0 Å². The second kappa shape index (κ2) is 4.97. The van der Waals surface area contributed by atoms with Crippen molar-refractivity contribution in [3.8, 4) is 0 Å². The van der Waals surface area contributed by atoms with Gasteiger partial charge in [-0.3, -0.25) is 4.79 Å². The van der Waals surface area contributed by atoms with E-state index in [1.807, 2.05) is 31.5 Å². The Morgan fingerprint density at radius 2 is 2.11 bits per heavy atom. The molecule has 0 fully saturated rings. The number of aromatic nitrogens is 3. The molecule has 0 saturated heterocycles. The van der Waals surface area contributed by atoms with Gasteiger partial charge in [0.2, 0.25) is 5.89 Å². The minimum absolute atomic E-state index is 0.0806. The number of aryl methyl sites for hydroxylation is 2. The maximum Gasteiger partial charge on any atom is 0.277 e. The normalized spacial score (nSPS) is 10.9. The van der Waals surface area contributed by atoms with Crippen molar-refractivity contribution in [3.63, 3.8) is 0 Å². The number of hydrogen-bond donors (Lipinski definition) is 0. The van der Waals surface area contributed by atoms with Crippen LogP contribution < -0.4 is 0 Å². The van der Waals surface area contributed by atoms with E-state index in [9.17, 15) is 4.79 Å². The van der Waals surface area contributed by atoms with E-state index in [4.69, 9.17) is 4.42 Å². The van der Waals surface area contributed by atoms with Crippen LogP contribution in [-0.4, -0.2) is 26.3 Å². The fraction of sp³-hybridized carbons (Fsp3) is 0.417. The van der Waals surface area contributed by atoms with Gasteiger partial charge in [0.25, 0.3) is 5.22 Å². The summed E-state index contributed by atoms with van der Waals surface area (Å²) >= 11 is 1.27. The lowest BCUT2D eigenvalue weighted by Gasteiger charge is -2.01. The zero-order valence-corrected chi connectivity index (χ0v) is 11.7. The van der Waals surface area contributed by atoms with Crippen LogP contribution >= 0.6 is 11.8 Å². The molecule has 18 heavy (non-hydrogen) atoms. The average molecular weight is 265 g/mol. The van der Waals surface area contributed by atoms with Gasteiger partial charge in [0.15, 0.2) is 5.78 Å². The summed E-state index contributed by atoms with van der Waals surface area (Å²) in [5.41, 5.74) is 2.83. The first-order chi connectivity index (χ1) is 8.49. The van der Waals surface area contributed by atoms with Crippen LogP contribution in [0.3, 0.4) is 0 Å².